The highest BCUT2D eigenvalue weighted by Gasteiger charge is 2.81. The molecule has 4 unspecified atom stereocenters. The summed E-state index contributed by atoms with van der Waals surface area (Å²) in [6.45, 7) is 9.00. The molecule has 0 radical (unpaired) electrons. The number of sulfonamides is 1. The fourth-order valence-electron chi connectivity index (χ4n) is 9.76. The van der Waals surface area contributed by atoms with E-state index in [9.17, 15) is 27.9 Å². The third-order valence-electron chi connectivity index (χ3n) is 12.0. The van der Waals surface area contributed by atoms with Crippen molar-refractivity contribution in [1.29, 1.82) is 0 Å². The van der Waals surface area contributed by atoms with Crippen molar-refractivity contribution in [2.75, 3.05) is 25.6 Å². The first-order chi connectivity index (χ1) is 18.0. The molecule has 11 heteroatoms. The van der Waals surface area contributed by atoms with Crippen molar-refractivity contribution in [3.63, 3.8) is 0 Å². The summed E-state index contributed by atoms with van der Waals surface area (Å²) in [4.78, 5) is 39.6. The predicted octanol–water partition coefficient (Wildman–Crippen LogP) is 3.20. The van der Waals surface area contributed by atoms with Gasteiger partial charge in [-0.05, 0) is 68.5 Å². The average molecular weight is 585 g/mol. The van der Waals surface area contributed by atoms with Crippen molar-refractivity contribution >= 4 is 39.6 Å². The summed E-state index contributed by atoms with van der Waals surface area (Å²) in [5, 5.41) is 14.2. The number of aliphatic hydroxyl groups is 1. The van der Waals surface area contributed by atoms with Gasteiger partial charge < -0.3 is 9.84 Å². The zero-order valence-electron chi connectivity index (χ0n) is 24.0. The molecule has 2 spiro atoms. The summed E-state index contributed by atoms with van der Waals surface area (Å²) in [6, 6.07) is 0. The maximum absolute atomic E-state index is 13.4. The second-order valence-corrected chi connectivity index (χ2v) is 17.0. The van der Waals surface area contributed by atoms with Gasteiger partial charge in [-0.1, -0.05) is 20.8 Å². The lowest BCUT2D eigenvalue weighted by molar-refractivity contribution is -0.246. The normalized spacial score (nSPS) is 46.4. The third kappa shape index (κ3) is 4.14. The molecular weight excluding hydrogens is 540 g/mol. The lowest BCUT2D eigenvalue weighted by Crippen LogP contribution is -2.72. The van der Waals surface area contributed by atoms with Crippen molar-refractivity contribution in [2.24, 2.45) is 39.9 Å². The number of amides is 2. The number of hydrogen-bond acceptors (Lipinski definition) is 8. The average Bonchev–Trinajstić information content (AvgIpc) is 3.06. The minimum absolute atomic E-state index is 0.0138. The molecule has 1 saturated heterocycles. The van der Waals surface area contributed by atoms with Crippen LogP contribution in [0.3, 0.4) is 0 Å². The van der Waals surface area contributed by atoms with E-state index in [1.165, 1.54) is 4.31 Å². The molecule has 4 aliphatic carbocycles. The van der Waals surface area contributed by atoms with Crippen molar-refractivity contribution in [1.82, 2.24) is 9.62 Å². The van der Waals surface area contributed by atoms with Crippen LogP contribution in [0.25, 0.3) is 0 Å². The summed E-state index contributed by atoms with van der Waals surface area (Å²) >= 11 is 1.58. The SMILES string of the molecule is CSC1(C)C[C@@H](OC(=O)NC(=O)C2CCN(S(C)(=O)=O)CC2)[C@@]2(C)C3C4(C[C@H]2C)CC3(CCC4=O)[C@@H](C)[C@@H]1O. The van der Waals surface area contributed by atoms with Crippen LogP contribution in [0.1, 0.15) is 72.6 Å². The van der Waals surface area contributed by atoms with Gasteiger partial charge in [-0.2, -0.15) is 11.8 Å². The zero-order valence-corrected chi connectivity index (χ0v) is 25.6. The molecule has 9 nitrogen and oxygen atoms in total. The molecule has 0 aromatic rings. The smallest absolute Gasteiger partial charge is 0.414 e. The molecule has 39 heavy (non-hydrogen) atoms. The number of aliphatic hydroxyl groups excluding tert-OH is 1. The van der Waals surface area contributed by atoms with Gasteiger partial charge in [0.25, 0.3) is 0 Å². The van der Waals surface area contributed by atoms with Crippen molar-refractivity contribution in [2.45, 2.75) is 89.6 Å². The molecule has 9 atom stereocenters. The number of carbonyl (C=O) groups excluding carboxylic acids is 3. The highest BCUT2D eigenvalue weighted by atomic mass is 32.2. The topological polar surface area (TPSA) is 130 Å². The molecular formula is C28H44N2O7S2. The van der Waals surface area contributed by atoms with Crippen LogP contribution >= 0.6 is 11.8 Å². The van der Waals surface area contributed by atoms with Crippen LogP contribution in [0, 0.1) is 39.9 Å². The van der Waals surface area contributed by atoms with E-state index in [4.69, 9.17) is 4.74 Å². The van der Waals surface area contributed by atoms with Gasteiger partial charge in [0.05, 0.1) is 12.4 Å². The predicted molar refractivity (Wildman–Crippen MR) is 148 cm³/mol. The molecule has 2 bridgehead atoms. The number of carbonyl (C=O) groups is 3. The van der Waals surface area contributed by atoms with E-state index in [-0.39, 0.29) is 36.3 Å². The Morgan fingerprint density at radius 3 is 2.38 bits per heavy atom. The molecule has 0 aromatic heterocycles. The fraction of sp³-hybridized carbons (Fsp3) is 0.893. The van der Waals surface area contributed by atoms with Crippen LogP contribution in [-0.4, -0.2) is 78.2 Å². The first-order valence-electron chi connectivity index (χ1n) is 14.3. The second kappa shape index (κ2) is 9.42. The summed E-state index contributed by atoms with van der Waals surface area (Å²) in [5.41, 5.74) is -1.05. The molecule has 2 amide bonds. The number of ketones is 1. The molecule has 5 aliphatic rings. The number of rotatable bonds is 4. The molecule has 4 saturated carbocycles. The van der Waals surface area contributed by atoms with Gasteiger partial charge >= 0.3 is 6.09 Å². The number of nitrogens with one attached hydrogen (secondary N) is 1. The number of nitrogens with zero attached hydrogens (tertiary/aromatic N) is 1. The van der Waals surface area contributed by atoms with Gasteiger partial charge in [0, 0.05) is 47.4 Å². The Hall–Kier alpha value is -1.17. The first kappa shape index (κ1) is 29.3. The van der Waals surface area contributed by atoms with Crippen LogP contribution in [0.5, 0.6) is 0 Å². The molecule has 2 N–H and O–H groups in total. The molecule has 1 heterocycles. The maximum atomic E-state index is 13.4. The van der Waals surface area contributed by atoms with Gasteiger partial charge in [-0.15, -0.1) is 0 Å². The van der Waals surface area contributed by atoms with E-state index in [1.807, 2.05) is 13.2 Å². The van der Waals surface area contributed by atoms with Gasteiger partial charge in [0.1, 0.15) is 11.9 Å². The Morgan fingerprint density at radius 2 is 1.79 bits per heavy atom. The Labute approximate surface area is 236 Å². The van der Waals surface area contributed by atoms with E-state index in [2.05, 4.69) is 26.1 Å². The quantitative estimate of drug-likeness (QED) is 0.515. The second-order valence-electron chi connectivity index (χ2n) is 13.7. The fourth-order valence-corrected chi connectivity index (χ4v) is 11.4. The van der Waals surface area contributed by atoms with Gasteiger partial charge in [-0.3, -0.25) is 14.9 Å². The number of hydrogen-bond donors (Lipinski definition) is 2. The van der Waals surface area contributed by atoms with Crippen molar-refractivity contribution < 1.29 is 32.6 Å². The lowest BCUT2D eigenvalue weighted by atomic mass is 9.32. The minimum atomic E-state index is -3.32. The number of imide groups is 1. The van der Waals surface area contributed by atoms with E-state index in [0.717, 1.165) is 25.5 Å². The number of Topliss-reactive ketones (excluding diaryl/α,β-unsaturated/α-hetero) is 1. The minimum Gasteiger partial charge on any atom is -0.445 e. The number of alkyl carbamates (subject to hydrolysis) is 1. The summed E-state index contributed by atoms with van der Waals surface area (Å²) in [7, 11) is -3.32. The van der Waals surface area contributed by atoms with E-state index >= 15 is 0 Å². The Bertz CT molecular complexity index is 1170. The summed E-state index contributed by atoms with van der Waals surface area (Å²) in [5.74, 6) is -0.428. The van der Waals surface area contributed by atoms with Crippen LogP contribution < -0.4 is 5.32 Å². The van der Waals surface area contributed by atoms with Crippen molar-refractivity contribution in [3.05, 3.63) is 0 Å². The largest absolute Gasteiger partial charge is 0.445 e. The molecule has 1 aliphatic heterocycles. The summed E-state index contributed by atoms with van der Waals surface area (Å²) < 4.78 is 30.6. The van der Waals surface area contributed by atoms with Crippen molar-refractivity contribution in [3.8, 4) is 0 Å². The lowest BCUT2D eigenvalue weighted by Gasteiger charge is -2.71. The number of ether oxygens (including phenoxy) is 1. The van der Waals surface area contributed by atoms with E-state index < -0.39 is 55.7 Å². The first-order valence-corrected chi connectivity index (χ1v) is 17.4. The molecule has 220 valence electrons. The molecule has 5 rings (SSSR count). The van der Waals surface area contributed by atoms with Crippen LogP contribution in [0.15, 0.2) is 0 Å². The molecule has 0 aromatic carbocycles. The van der Waals surface area contributed by atoms with Gasteiger partial charge in [0.15, 0.2) is 0 Å². The monoisotopic (exact) mass is 584 g/mol. The van der Waals surface area contributed by atoms with E-state index in [0.29, 0.717) is 31.5 Å². The Kier molecular flexibility index (Phi) is 7.09. The van der Waals surface area contributed by atoms with Gasteiger partial charge in [-0.25, -0.2) is 17.5 Å². The highest BCUT2D eigenvalue weighted by Crippen LogP contribution is 2.82. The highest BCUT2D eigenvalue weighted by molar-refractivity contribution is 8.00. The number of piperidine rings is 1. The van der Waals surface area contributed by atoms with Gasteiger partial charge in [0.2, 0.25) is 15.9 Å². The van der Waals surface area contributed by atoms with Crippen LogP contribution in [-0.2, 0) is 24.3 Å². The van der Waals surface area contributed by atoms with Crippen LogP contribution in [0.2, 0.25) is 0 Å². The van der Waals surface area contributed by atoms with E-state index in [1.54, 1.807) is 11.8 Å². The summed E-state index contributed by atoms with van der Waals surface area (Å²) in [6.07, 6.45) is 5.10. The maximum Gasteiger partial charge on any atom is 0.414 e. The third-order valence-corrected chi connectivity index (χ3v) is 14.7. The zero-order chi connectivity index (χ0) is 28.8. The molecule has 5 fully saturated rings. The standard InChI is InChI=1S/C28H44N2O7S2/c1-16-13-28-15-27(10-7-19(28)31)17(2)21(32)25(3,38-5)14-20(26(16,4)23(27)28)37-24(34)29-22(33)18-8-11-30(12-9-18)39(6,35)36/h16-18,20-21,23,32H,7-15H2,1-6H3,(H,29,33,34)/t16-,17+,20-,21+,23?,25?,26+,27?,28?/m1/s1. The Morgan fingerprint density at radius 1 is 1.15 bits per heavy atom. The number of thioether (sulfide) groups is 1. The Balaban J connectivity index is 1.40. The van der Waals surface area contributed by atoms with Crippen LogP contribution in [0.4, 0.5) is 4.79 Å².